The molecule has 0 aliphatic rings. The van der Waals surface area contributed by atoms with Gasteiger partial charge in [0.25, 0.3) is 0 Å². The van der Waals surface area contributed by atoms with Crippen LogP contribution in [0.3, 0.4) is 0 Å². The van der Waals surface area contributed by atoms with Gasteiger partial charge in [-0.25, -0.2) is 18.6 Å². The fraction of sp³-hybridized carbons (Fsp3) is 0.188. The van der Waals surface area contributed by atoms with Gasteiger partial charge < -0.3 is 10.4 Å². The second-order valence-corrected chi connectivity index (χ2v) is 5.74. The molecule has 5 nitrogen and oxygen atoms in total. The molecule has 0 saturated heterocycles. The minimum Gasteiger partial charge on any atom is -0.480 e. The number of hydrogen-bond acceptors (Lipinski definition) is 3. The van der Waals surface area contributed by atoms with E-state index >= 15 is 0 Å². The van der Waals surface area contributed by atoms with Crippen LogP contribution in [0.15, 0.2) is 41.1 Å². The quantitative estimate of drug-likeness (QED) is 0.732. The minimum absolute atomic E-state index is 0.0186. The molecule has 126 valence electrons. The predicted octanol–water partition coefficient (Wildman–Crippen LogP) is 2.48. The zero-order chi connectivity index (χ0) is 17.7. The van der Waals surface area contributed by atoms with E-state index in [1.807, 2.05) is 0 Å². The first-order valence-corrected chi connectivity index (χ1v) is 7.72. The fourth-order valence-electron chi connectivity index (χ4n) is 2.10. The van der Waals surface area contributed by atoms with Crippen LogP contribution in [0.4, 0.5) is 8.78 Å². The third-order valence-electron chi connectivity index (χ3n) is 3.29. The second kappa shape index (κ2) is 7.96. The Morgan fingerprint density at radius 2 is 1.88 bits per heavy atom. The molecule has 2 rings (SSSR count). The first kappa shape index (κ1) is 18.0. The summed E-state index contributed by atoms with van der Waals surface area (Å²) in [6.45, 7) is 0. The van der Waals surface area contributed by atoms with Crippen molar-refractivity contribution in [3.63, 3.8) is 0 Å². The molecule has 1 amide bonds. The molecule has 0 saturated carbocycles. The van der Waals surface area contributed by atoms with Crippen LogP contribution in [-0.4, -0.2) is 28.0 Å². The molecule has 0 bridgehead atoms. The molecular weight excluding hydrogens is 386 g/mol. The summed E-state index contributed by atoms with van der Waals surface area (Å²) in [7, 11) is 0. The van der Waals surface area contributed by atoms with Crippen molar-refractivity contribution < 1.29 is 23.5 Å². The summed E-state index contributed by atoms with van der Waals surface area (Å²) in [5.41, 5.74) is 0.184. The van der Waals surface area contributed by atoms with E-state index in [2.05, 4.69) is 26.2 Å². The van der Waals surface area contributed by atoms with Gasteiger partial charge in [0.1, 0.15) is 22.3 Å². The highest BCUT2D eigenvalue weighted by atomic mass is 79.9. The predicted molar refractivity (Wildman–Crippen MR) is 85.3 cm³/mol. The van der Waals surface area contributed by atoms with Crippen molar-refractivity contribution in [2.45, 2.75) is 18.9 Å². The molecule has 0 fully saturated rings. The highest BCUT2D eigenvalue weighted by Crippen LogP contribution is 2.16. The van der Waals surface area contributed by atoms with Crippen LogP contribution >= 0.6 is 15.9 Å². The SMILES string of the molecule is O=C(Cc1c(F)cccc1F)N[C@H](Cc1cccnc1Br)C(=O)O. The third kappa shape index (κ3) is 4.58. The molecule has 1 aromatic carbocycles. The Hall–Kier alpha value is -2.35. The molecule has 1 aromatic heterocycles. The van der Waals surface area contributed by atoms with Gasteiger partial charge in [0.2, 0.25) is 5.91 Å². The number of aromatic nitrogens is 1. The number of halogens is 3. The van der Waals surface area contributed by atoms with E-state index in [-0.39, 0.29) is 6.42 Å². The summed E-state index contributed by atoms with van der Waals surface area (Å²) < 4.78 is 27.6. The molecule has 2 N–H and O–H groups in total. The standard InChI is InChI=1S/C16H13BrF2N2O3/c17-15-9(3-2-6-20-15)7-13(16(23)24)21-14(22)8-10-11(18)4-1-5-12(10)19/h1-6,13H,7-8H2,(H,21,22)(H,23,24)/t13-/m1/s1. The summed E-state index contributed by atoms with van der Waals surface area (Å²) in [5.74, 6) is -3.75. The summed E-state index contributed by atoms with van der Waals surface area (Å²) in [5, 5.41) is 11.5. The lowest BCUT2D eigenvalue weighted by molar-refractivity contribution is -0.141. The van der Waals surface area contributed by atoms with Gasteiger partial charge >= 0.3 is 5.97 Å². The Labute approximate surface area is 144 Å². The first-order valence-electron chi connectivity index (χ1n) is 6.93. The van der Waals surface area contributed by atoms with Crippen molar-refractivity contribution >= 4 is 27.8 Å². The maximum absolute atomic E-state index is 13.6. The lowest BCUT2D eigenvalue weighted by atomic mass is 10.1. The Morgan fingerprint density at radius 1 is 1.21 bits per heavy atom. The number of carbonyl (C=O) groups excluding carboxylic acids is 1. The number of pyridine rings is 1. The number of carboxylic acids is 1. The maximum atomic E-state index is 13.6. The van der Waals surface area contributed by atoms with Crippen molar-refractivity contribution in [2.24, 2.45) is 0 Å². The molecule has 2 aromatic rings. The van der Waals surface area contributed by atoms with Gasteiger partial charge in [-0.2, -0.15) is 0 Å². The van der Waals surface area contributed by atoms with Gasteiger partial charge in [0.15, 0.2) is 0 Å². The highest BCUT2D eigenvalue weighted by Gasteiger charge is 2.23. The number of nitrogens with zero attached hydrogens (tertiary/aromatic N) is 1. The summed E-state index contributed by atoms with van der Waals surface area (Å²) >= 11 is 3.20. The maximum Gasteiger partial charge on any atom is 0.326 e. The number of benzene rings is 1. The number of carboxylic acid groups (broad SMARTS) is 1. The largest absolute Gasteiger partial charge is 0.480 e. The average Bonchev–Trinajstić information content (AvgIpc) is 2.52. The zero-order valence-electron chi connectivity index (χ0n) is 12.3. The van der Waals surface area contributed by atoms with Gasteiger partial charge in [-0.1, -0.05) is 12.1 Å². The number of amides is 1. The monoisotopic (exact) mass is 398 g/mol. The number of aliphatic carboxylic acids is 1. The normalized spacial score (nSPS) is 11.8. The van der Waals surface area contributed by atoms with E-state index in [9.17, 15) is 23.5 Å². The van der Waals surface area contributed by atoms with Crippen LogP contribution in [0.1, 0.15) is 11.1 Å². The Balaban J connectivity index is 2.09. The number of nitrogens with one attached hydrogen (secondary N) is 1. The molecule has 1 atom stereocenters. The average molecular weight is 399 g/mol. The molecule has 24 heavy (non-hydrogen) atoms. The van der Waals surface area contributed by atoms with Crippen LogP contribution in [-0.2, 0) is 22.4 Å². The van der Waals surface area contributed by atoms with E-state index < -0.39 is 41.5 Å². The topological polar surface area (TPSA) is 79.3 Å². The van der Waals surface area contributed by atoms with Crippen molar-refractivity contribution in [3.05, 3.63) is 63.9 Å². The smallest absolute Gasteiger partial charge is 0.326 e. The third-order valence-corrected chi connectivity index (χ3v) is 4.01. The van der Waals surface area contributed by atoms with Crippen molar-refractivity contribution in [2.75, 3.05) is 0 Å². The van der Waals surface area contributed by atoms with Crippen LogP contribution in [0, 0.1) is 11.6 Å². The van der Waals surface area contributed by atoms with E-state index in [4.69, 9.17) is 0 Å². The molecule has 1 heterocycles. The first-order chi connectivity index (χ1) is 11.4. The van der Waals surface area contributed by atoms with E-state index in [0.717, 1.165) is 12.1 Å². The van der Waals surface area contributed by atoms with Crippen LogP contribution in [0.5, 0.6) is 0 Å². The number of hydrogen-bond donors (Lipinski definition) is 2. The van der Waals surface area contributed by atoms with Crippen molar-refractivity contribution in [1.29, 1.82) is 0 Å². The van der Waals surface area contributed by atoms with Gasteiger partial charge in [0, 0.05) is 18.2 Å². The van der Waals surface area contributed by atoms with Gasteiger partial charge in [-0.3, -0.25) is 4.79 Å². The van der Waals surface area contributed by atoms with Gasteiger partial charge in [-0.05, 0) is 39.7 Å². The van der Waals surface area contributed by atoms with E-state index in [1.54, 1.807) is 12.1 Å². The van der Waals surface area contributed by atoms with Gasteiger partial charge in [-0.15, -0.1) is 0 Å². The number of rotatable bonds is 6. The molecule has 0 aliphatic carbocycles. The zero-order valence-corrected chi connectivity index (χ0v) is 13.9. The van der Waals surface area contributed by atoms with Crippen LogP contribution in [0.2, 0.25) is 0 Å². The minimum atomic E-state index is -1.26. The summed E-state index contributed by atoms with van der Waals surface area (Å²) in [4.78, 5) is 27.3. The van der Waals surface area contributed by atoms with E-state index in [1.165, 1.54) is 12.3 Å². The second-order valence-electron chi connectivity index (χ2n) is 4.99. The molecule has 0 radical (unpaired) electrons. The van der Waals surface area contributed by atoms with E-state index in [0.29, 0.717) is 10.2 Å². The Morgan fingerprint density at radius 3 is 2.46 bits per heavy atom. The van der Waals surface area contributed by atoms with Crippen LogP contribution in [0.25, 0.3) is 0 Å². The van der Waals surface area contributed by atoms with Gasteiger partial charge in [0.05, 0.1) is 6.42 Å². The van der Waals surface area contributed by atoms with Crippen molar-refractivity contribution in [3.8, 4) is 0 Å². The molecule has 8 heteroatoms. The molecule has 0 spiro atoms. The summed E-state index contributed by atoms with van der Waals surface area (Å²) in [6.07, 6.45) is 0.925. The summed E-state index contributed by atoms with van der Waals surface area (Å²) in [6, 6.07) is 5.31. The molecular formula is C16H13BrF2N2O3. The lowest BCUT2D eigenvalue weighted by Gasteiger charge is -2.15. The molecule has 0 unspecified atom stereocenters. The van der Waals surface area contributed by atoms with Crippen LogP contribution < -0.4 is 5.32 Å². The lowest BCUT2D eigenvalue weighted by Crippen LogP contribution is -2.43. The highest BCUT2D eigenvalue weighted by molar-refractivity contribution is 9.10. The Kier molecular flexibility index (Phi) is 5.97. The fourth-order valence-corrected chi connectivity index (χ4v) is 2.51. The number of carbonyl (C=O) groups is 2. The Bertz CT molecular complexity index is 750. The van der Waals surface area contributed by atoms with Crippen molar-refractivity contribution in [1.82, 2.24) is 10.3 Å². The molecule has 0 aliphatic heterocycles.